The van der Waals surface area contributed by atoms with Crippen molar-refractivity contribution < 1.29 is 19.4 Å². The molecule has 5 nitrogen and oxygen atoms in total. The highest BCUT2D eigenvalue weighted by molar-refractivity contribution is 5.79. The molecule has 0 aromatic carbocycles. The summed E-state index contributed by atoms with van der Waals surface area (Å²) in [5.74, 6) is -1.03. The van der Waals surface area contributed by atoms with E-state index in [0.717, 1.165) is 12.8 Å². The maximum absolute atomic E-state index is 11.5. The van der Waals surface area contributed by atoms with E-state index in [0.29, 0.717) is 12.8 Å². The lowest BCUT2D eigenvalue weighted by atomic mass is 9.90. The molecule has 1 atom stereocenters. The molecule has 0 bridgehead atoms. The quantitative estimate of drug-likeness (QED) is 0.632. The van der Waals surface area contributed by atoms with Gasteiger partial charge in [-0.1, -0.05) is 39.7 Å². The molecule has 0 heterocycles. The standard InChI is InChI=1S/C14H25NO4/c1-5-7-8-11(12(16)17)15-13(18)19-10-9-14(3,4)6-2/h6,11H,2,5,7-10H2,1,3-4H3,(H,15,18)(H,16,17)/t11-/m0/s1. The van der Waals surface area contributed by atoms with Crippen LogP contribution >= 0.6 is 0 Å². The first kappa shape index (κ1) is 17.5. The number of rotatable bonds is 9. The Morgan fingerprint density at radius 1 is 1.47 bits per heavy atom. The number of alkyl carbamates (subject to hydrolysis) is 1. The number of carbonyl (C=O) groups is 2. The topological polar surface area (TPSA) is 75.6 Å². The summed E-state index contributed by atoms with van der Waals surface area (Å²) >= 11 is 0. The predicted molar refractivity (Wildman–Crippen MR) is 74.0 cm³/mol. The monoisotopic (exact) mass is 271 g/mol. The van der Waals surface area contributed by atoms with Gasteiger partial charge < -0.3 is 15.2 Å². The van der Waals surface area contributed by atoms with E-state index in [4.69, 9.17) is 9.84 Å². The highest BCUT2D eigenvalue weighted by Gasteiger charge is 2.20. The third-order valence-electron chi connectivity index (χ3n) is 2.97. The highest BCUT2D eigenvalue weighted by atomic mass is 16.5. The number of hydrogen-bond acceptors (Lipinski definition) is 3. The van der Waals surface area contributed by atoms with Gasteiger partial charge in [0, 0.05) is 0 Å². The Balaban J connectivity index is 4.06. The highest BCUT2D eigenvalue weighted by Crippen LogP contribution is 2.20. The predicted octanol–water partition coefficient (Wildman–Crippen LogP) is 2.96. The summed E-state index contributed by atoms with van der Waals surface area (Å²) in [6, 6.07) is -0.875. The maximum atomic E-state index is 11.5. The Hall–Kier alpha value is -1.52. The van der Waals surface area contributed by atoms with E-state index >= 15 is 0 Å². The Bertz CT molecular complexity index is 313. The summed E-state index contributed by atoms with van der Waals surface area (Å²) in [6.07, 6.45) is 3.82. The van der Waals surface area contributed by atoms with E-state index < -0.39 is 18.1 Å². The van der Waals surface area contributed by atoms with Crippen LogP contribution in [0.1, 0.15) is 46.5 Å². The molecule has 0 aliphatic carbocycles. The molecule has 0 saturated heterocycles. The average molecular weight is 271 g/mol. The minimum absolute atomic E-state index is 0.102. The van der Waals surface area contributed by atoms with Gasteiger partial charge in [0.25, 0.3) is 0 Å². The molecule has 110 valence electrons. The van der Waals surface area contributed by atoms with Gasteiger partial charge in [-0.2, -0.15) is 0 Å². The third kappa shape index (κ3) is 8.24. The molecule has 0 radical (unpaired) electrons. The lowest BCUT2D eigenvalue weighted by Crippen LogP contribution is -2.41. The van der Waals surface area contributed by atoms with Gasteiger partial charge in [-0.25, -0.2) is 9.59 Å². The van der Waals surface area contributed by atoms with Crippen LogP contribution in [-0.4, -0.2) is 29.8 Å². The molecule has 2 N–H and O–H groups in total. The number of allylic oxidation sites excluding steroid dienone is 1. The van der Waals surface area contributed by atoms with Gasteiger partial charge in [-0.3, -0.25) is 0 Å². The van der Waals surface area contributed by atoms with E-state index in [1.807, 2.05) is 20.8 Å². The summed E-state index contributed by atoms with van der Waals surface area (Å²) in [7, 11) is 0. The lowest BCUT2D eigenvalue weighted by molar-refractivity contribution is -0.139. The number of nitrogens with one attached hydrogen (secondary N) is 1. The first-order chi connectivity index (χ1) is 8.82. The SMILES string of the molecule is C=CC(C)(C)CCOC(=O)N[C@@H](CCCC)C(=O)O. The fourth-order valence-corrected chi connectivity index (χ4v) is 1.36. The number of carboxylic acids is 1. The molecule has 0 aromatic heterocycles. The van der Waals surface area contributed by atoms with Crippen molar-refractivity contribution in [2.45, 2.75) is 52.5 Å². The van der Waals surface area contributed by atoms with Crippen LogP contribution in [0.15, 0.2) is 12.7 Å². The number of carbonyl (C=O) groups excluding carboxylic acids is 1. The van der Waals surface area contributed by atoms with Gasteiger partial charge in [0.05, 0.1) is 6.61 Å². The van der Waals surface area contributed by atoms with Crippen LogP contribution in [0.4, 0.5) is 4.79 Å². The van der Waals surface area contributed by atoms with Gasteiger partial charge >= 0.3 is 12.1 Å². The number of carboxylic acid groups (broad SMARTS) is 1. The maximum Gasteiger partial charge on any atom is 0.407 e. The second-order valence-corrected chi connectivity index (χ2v) is 5.26. The molecule has 0 unspecified atom stereocenters. The number of ether oxygens (including phenoxy) is 1. The molecule has 0 saturated carbocycles. The number of aliphatic carboxylic acids is 1. The van der Waals surface area contributed by atoms with E-state index in [-0.39, 0.29) is 12.0 Å². The molecule has 0 aliphatic heterocycles. The Labute approximate surface area is 115 Å². The Morgan fingerprint density at radius 2 is 2.11 bits per heavy atom. The van der Waals surface area contributed by atoms with Gasteiger partial charge in [0.1, 0.15) is 6.04 Å². The van der Waals surface area contributed by atoms with Crippen LogP contribution in [0, 0.1) is 5.41 Å². The summed E-state index contributed by atoms with van der Waals surface area (Å²) in [5, 5.41) is 11.3. The zero-order valence-electron chi connectivity index (χ0n) is 12.1. The van der Waals surface area contributed by atoms with Crippen molar-refractivity contribution in [1.82, 2.24) is 5.32 Å². The Morgan fingerprint density at radius 3 is 2.58 bits per heavy atom. The number of hydrogen-bond donors (Lipinski definition) is 2. The van der Waals surface area contributed by atoms with E-state index in [1.165, 1.54) is 0 Å². The molecule has 0 fully saturated rings. The van der Waals surface area contributed by atoms with Gasteiger partial charge in [-0.05, 0) is 18.3 Å². The zero-order chi connectivity index (χ0) is 14.9. The molecule has 1 amide bonds. The largest absolute Gasteiger partial charge is 0.480 e. The van der Waals surface area contributed by atoms with Crippen molar-refractivity contribution >= 4 is 12.1 Å². The second-order valence-electron chi connectivity index (χ2n) is 5.26. The van der Waals surface area contributed by atoms with E-state index in [9.17, 15) is 9.59 Å². The Kier molecular flexibility index (Phi) is 7.87. The normalized spacial score (nSPS) is 12.6. The average Bonchev–Trinajstić information content (AvgIpc) is 2.33. The molecule has 5 heteroatoms. The summed E-state index contributed by atoms with van der Waals surface area (Å²) in [6.45, 7) is 9.89. The first-order valence-electron chi connectivity index (χ1n) is 6.62. The van der Waals surface area contributed by atoms with Crippen LogP contribution in [-0.2, 0) is 9.53 Å². The second kappa shape index (κ2) is 8.56. The molecule has 0 spiro atoms. The zero-order valence-corrected chi connectivity index (χ0v) is 12.1. The number of amides is 1. The summed E-state index contributed by atoms with van der Waals surface area (Å²) in [4.78, 5) is 22.4. The van der Waals surface area contributed by atoms with Crippen molar-refractivity contribution in [2.24, 2.45) is 5.41 Å². The summed E-state index contributed by atoms with van der Waals surface area (Å²) < 4.78 is 4.98. The van der Waals surface area contributed by atoms with E-state index in [1.54, 1.807) is 6.08 Å². The smallest absolute Gasteiger partial charge is 0.407 e. The molecule has 0 aliphatic rings. The first-order valence-corrected chi connectivity index (χ1v) is 6.62. The van der Waals surface area contributed by atoms with Crippen molar-refractivity contribution in [3.63, 3.8) is 0 Å². The number of unbranched alkanes of at least 4 members (excludes halogenated alkanes) is 1. The molecule has 19 heavy (non-hydrogen) atoms. The molecule has 0 rings (SSSR count). The van der Waals surface area contributed by atoms with Crippen LogP contribution in [0.25, 0.3) is 0 Å². The van der Waals surface area contributed by atoms with Crippen molar-refractivity contribution in [2.75, 3.05) is 6.61 Å². The fourth-order valence-electron chi connectivity index (χ4n) is 1.36. The van der Waals surface area contributed by atoms with Crippen molar-refractivity contribution in [3.05, 3.63) is 12.7 Å². The molecular weight excluding hydrogens is 246 g/mol. The van der Waals surface area contributed by atoms with Gasteiger partial charge in [-0.15, -0.1) is 6.58 Å². The van der Waals surface area contributed by atoms with Crippen LogP contribution in [0.2, 0.25) is 0 Å². The van der Waals surface area contributed by atoms with Crippen molar-refractivity contribution in [1.29, 1.82) is 0 Å². The molecular formula is C14H25NO4. The summed E-state index contributed by atoms with van der Waals surface area (Å²) in [5.41, 5.74) is -0.102. The fraction of sp³-hybridized carbons (Fsp3) is 0.714. The van der Waals surface area contributed by atoms with Crippen LogP contribution in [0.5, 0.6) is 0 Å². The van der Waals surface area contributed by atoms with Gasteiger partial charge in [0.2, 0.25) is 0 Å². The van der Waals surface area contributed by atoms with Crippen LogP contribution in [0.3, 0.4) is 0 Å². The minimum atomic E-state index is -1.03. The lowest BCUT2D eigenvalue weighted by Gasteiger charge is -2.20. The van der Waals surface area contributed by atoms with Gasteiger partial charge in [0.15, 0.2) is 0 Å². The van der Waals surface area contributed by atoms with Crippen molar-refractivity contribution in [3.8, 4) is 0 Å². The minimum Gasteiger partial charge on any atom is -0.480 e. The van der Waals surface area contributed by atoms with Crippen LogP contribution < -0.4 is 5.32 Å². The van der Waals surface area contributed by atoms with E-state index in [2.05, 4.69) is 11.9 Å². The third-order valence-corrected chi connectivity index (χ3v) is 2.97. The molecule has 0 aromatic rings.